The Labute approximate surface area is 150 Å². The second-order valence-electron chi connectivity index (χ2n) is 5.68. The van der Waals surface area contributed by atoms with E-state index < -0.39 is 0 Å². The van der Waals surface area contributed by atoms with E-state index in [4.69, 9.17) is 4.74 Å². The Kier molecular flexibility index (Phi) is 4.26. The third-order valence-corrected chi connectivity index (χ3v) is 3.85. The fraction of sp³-hybridized carbons (Fsp3) is 0. The number of anilines is 1. The van der Waals surface area contributed by atoms with Crippen molar-refractivity contribution in [1.82, 2.24) is 0 Å². The highest BCUT2D eigenvalue weighted by Gasteiger charge is 2.25. The number of benzene rings is 3. The summed E-state index contributed by atoms with van der Waals surface area (Å²) in [6, 6.07) is 24.5. The summed E-state index contributed by atoms with van der Waals surface area (Å²) in [5.41, 5.74) is 2.66. The number of rotatable bonds is 4. The summed E-state index contributed by atoms with van der Waals surface area (Å²) < 4.78 is 5.80. The molecule has 0 radical (unpaired) electrons. The largest absolute Gasteiger partial charge is 0.457 e. The highest BCUT2D eigenvalue weighted by Crippen LogP contribution is 2.23. The lowest BCUT2D eigenvalue weighted by Crippen LogP contribution is -2.13. The second kappa shape index (κ2) is 7.03. The summed E-state index contributed by atoms with van der Waals surface area (Å²) in [5, 5.41) is 10.9. The van der Waals surface area contributed by atoms with Crippen LogP contribution in [0, 0.1) is 0 Å². The number of ether oxygens (including phenoxy) is 1. The summed E-state index contributed by atoms with van der Waals surface area (Å²) in [5.74, 6) is 1.22. The number of fused-ring (bicyclic) bond motifs is 1. The van der Waals surface area contributed by atoms with E-state index in [1.165, 1.54) is 0 Å². The quantitative estimate of drug-likeness (QED) is 0.569. The van der Waals surface area contributed by atoms with E-state index in [0.29, 0.717) is 11.5 Å². The zero-order valence-corrected chi connectivity index (χ0v) is 13.8. The van der Waals surface area contributed by atoms with Gasteiger partial charge < -0.3 is 10.1 Å². The molecule has 0 unspecified atom stereocenters. The monoisotopic (exact) mass is 341 g/mol. The van der Waals surface area contributed by atoms with Crippen LogP contribution in [0.1, 0.15) is 11.1 Å². The molecular formula is C21H15N3O2. The molecule has 1 heterocycles. The summed E-state index contributed by atoms with van der Waals surface area (Å²) in [6.07, 6.45) is 1.60. The van der Waals surface area contributed by atoms with Crippen LogP contribution in [-0.4, -0.2) is 17.8 Å². The van der Waals surface area contributed by atoms with Gasteiger partial charge in [-0.05, 0) is 35.9 Å². The Morgan fingerprint density at radius 1 is 0.846 bits per heavy atom. The zero-order chi connectivity index (χ0) is 17.8. The average Bonchev–Trinajstić information content (AvgIpc) is 2.98. The lowest BCUT2D eigenvalue weighted by Gasteiger charge is -2.05. The molecule has 0 bridgehead atoms. The standard InChI is InChI=1S/C21H15N3O2/c25-21-20(18-11-4-5-12-19(18)23-21)24-22-14-15-7-6-10-17(13-15)26-16-8-2-1-3-9-16/h1-14H,(H,23,24,25)/b22-14-. The third-order valence-electron chi connectivity index (χ3n) is 3.85. The first-order valence-electron chi connectivity index (χ1n) is 8.14. The number of nitrogens with zero attached hydrogens (tertiary/aromatic N) is 2. The maximum absolute atomic E-state index is 12.0. The van der Waals surface area contributed by atoms with Crippen molar-refractivity contribution < 1.29 is 9.53 Å². The number of nitrogens with one attached hydrogen (secondary N) is 1. The highest BCUT2D eigenvalue weighted by molar-refractivity contribution is 6.53. The van der Waals surface area contributed by atoms with E-state index in [1.54, 1.807) is 6.21 Å². The van der Waals surface area contributed by atoms with Gasteiger partial charge in [-0.3, -0.25) is 4.79 Å². The van der Waals surface area contributed by atoms with Gasteiger partial charge in [0.15, 0.2) is 5.71 Å². The number of carbonyl (C=O) groups is 1. The van der Waals surface area contributed by atoms with E-state index in [9.17, 15) is 4.79 Å². The van der Waals surface area contributed by atoms with Crippen molar-refractivity contribution in [3.8, 4) is 11.5 Å². The molecule has 1 aliphatic heterocycles. The first kappa shape index (κ1) is 15.8. The molecule has 1 amide bonds. The number of amides is 1. The molecule has 1 N–H and O–H groups in total. The van der Waals surface area contributed by atoms with Gasteiger partial charge >= 0.3 is 0 Å². The van der Waals surface area contributed by atoms with Gasteiger partial charge in [-0.25, -0.2) is 0 Å². The lowest BCUT2D eigenvalue weighted by molar-refractivity contribution is -0.110. The van der Waals surface area contributed by atoms with Gasteiger partial charge in [0.05, 0.1) is 11.9 Å². The first-order chi connectivity index (χ1) is 12.8. The minimum atomic E-state index is -0.246. The fourth-order valence-electron chi connectivity index (χ4n) is 2.64. The average molecular weight is 341 g/mol. The number of carbonyl (C=O) groups excluding carboxylic acids is 1. The van der Waals surface area contributed by atoms with Gasteiger partial charge in [0.1, 0.15) is 11.5 Å². The molecule has 26 heavy (non-hydrogen) atoms. The van der Waals surface area contributed by atoms with Crippen LogP contribution >= 0.6 is 0 Å². The molecular weight excluding hydrogens is 326 g/mol. The Morgan fingerprint density at radius 2 is 1.62 bits per heavy atom. The van der Waals surface area contributed by atoms with E-state index in [1.807, 2.05) is 78.9 Å². The topological polar surface area (TPSA) is 63.0 Å². The van der Waals surface area contributed by atoms with Gasteiger partial charge in [0.25, 0.3) is 5.91 Å². The van der Waals surface area contributed by atoms with Crippen molar-refractivity contribution in [2.45, 2.75) is 0 Å². The van der Waals surface area contributed by atoms with Gasteiger partial charge in [-0.2, -0.15) is 5.10 Å². The molecule has 126 valence electrons. The molecule has 0 spiro atoms. The summed E-state index contributed by atoms with van der Waals surface area (Å²) >= 11 is 0. The van der Waals surface area contributed by atoms with Crippen molar-refractivity contribution in [2.24, 2.45) is 10.2 Å². The van der Waals surface area contributed by atoms with Gasteiger partial charge in [-0.1, -0.05) is 48.5 Å². The predicted molar refractivity (Wildman–Crippen MR) is 102 cm³/mol. The maximum Gasteiger partial charge on any atom is 0.276 e. The van der Waals surface area contributed by atoms with E-state index >= 15 is 0 Å². The Bertz CT molecular complexity index is 1010. The third kappa shape index (κ3) is 3.37. The minimum absolute atomic E-state index is 0.246. The highest BCUT2D eigenvalue weighted by atomic mass is 16.5. The smallest absolute Gasteiger partial charge is 0.276 e. The van der Waals surface area contributed by atoms with Crippen molar-refractivity contribution in [3.63, 3.8) is 0 Å². The molecule has 3 aromatic carbocycles. The van der Waals surface area contributed by atoms with Gasteiger partial charge in [-0.15, -0.1) is 5.10 Å². The van der Waals surface area contributed by atoms with Crippen LogP contribution in [0.4, 0.5) is 5.69 Å². The fourth-order valence-corrected chi connectivity index (χ4v) is 2.64. The molecule has 1 aliphatic rings. The molecule has 5 nitrogen and oxygen atoms in total. The van der Waals surface area contributed by atoms with Crippen LogP contribution in [0.15, 0.2) is 89.1 Å². The predicted octanol–water partition coefficient (Wildman–Crippen LogP) is 4.25. The SMILES string of the molecule is O=C1Nc2ccccc2/C1=N/N=C\c1cccc(Oc2ccccc2)c1. The van der Waals surface area contributed by atoms with Crippen LogP contribution in [0.5, 0.6) is 11.5 Å². The van der Waals surface area contributed by atoms with Crippen LogP contribution in [-0.2, 0) is 4.79 Å². The molecule has 0 saturated carbocycles. The molecule has 4 rings (SSSR count). The van der Waals surface area contributed by atoms with Crippen LogP contribution in [0.3, 0.4) is 0 Å². The van der Waals surface area contributed by atoms with Gasteiger partial charge in [0.2, 0.25) is 0 Å². The zero-order valence-electron chi connectivity index (χ0n) is 13.8. The van der Waals surface area contributed by atoms with E-state index in [2.05, 4.69) is 15.5 Å². The normalized spacial score (nSPS) is 14.5. The molecule has 0 aliphatic carbocycles. The lowest BCUT2D eigenvalue weighted by atomic mass is 10.1. The van der Waals surface area contributed by atoms with Crippen LogP contribution in [0.2, 0.25) is 0 Å². The van der Waals surface area contributed by atoms with E-state index in [-0.39, 0.29) is 5.91 Å². The van der Waals surface area contributed by atoms with Crippen molar-refractivity contribution in [2.75, 3.05) is 5.32 Å². The van der Waals surface area contributed by atoms with Crippen molar-refractivity contribution in [3.05, 3.63) is 90.0 Å². The molecule has 5 heteroatoms. The molecule has 0 saturated heterocycles. The summed E-state index contributed by atoms with van der Waals surface area (Å²) in [6.45, 7) is 0. The van der Waals surface area contributed by atoms with Crippen LogP contribution in [0.25, 0.3) is 0 Å². The molecule has 0 aromatic heterocycles. The molecule has 3 aromatic rings. The van der Waals surface area contributed by atoms with E-state index in [0.717, 1.165) is 22.6 Å². The Hall–Kier alpha value is -3.73. The number of hydrogen-bond acceptors (Lipinski definition) is 4. The van der Waals surface area contributed by atoms with Crippen molar-refractivity contribution >= 4 is 23.5 Å². The van der Waals surface area contributed by atoms with Crippen LogP contribution < -0.4 is 10.1 Å². The first-order valence-corrected chi connectivity index (χ1v) is 8.14. The molecule has 0 atom stereocenters. The summed E-state index contributed by atoms with van der Waals surface area (Å²) in [7, 11) is 0. The molecule has 0 fully saturated rings. The Morgan fingerprint density at radius 3 is 2.50 bits per heavy atom. The maximum atomic E-state index is 12.0. The number of para-hydroxylation sites is 2. The van der Waals surface area contributed by atoms with Crippen molar-refractivity contribution in [1.29, 1.82) is 0 Å². The minimum Gasteiger partial charge on any atom is -0.457 e. The second-order valence-corrected chi connectivity index (χ2v) is 5.68. The summed E-state index contributed by atoms with van der Waals surface area (Å²) in [4.78, 5) is 12.0. The van der Waals surface area contributed by atoms with Gasteiger partial charge in [0, 0.05) is 5.56 Å². The number of hydrogen-bond donors (Lipinski definition) is 1. The Balaban J connectivity index is 1.53.